The summed E-state index contributed by atoms with van der Waals surface area (Å²) in [6, 6.07) is 3.64. The molecule has 0 aliphatic carbocycles. The number of nitrogens with zero attached hydrogens (tertiary/aromatic N) is 3. The maximum atomic E-state index is 7.31. The number of nitrogens with one attached hydrogen (secondary N) is 1. The molecule has 2 rings (SSSR count). The maximum Gasteiger partial charge on any atom is 0.138 e. The van der Waals surface area contributed by atoms with Crippen molar-refractivity contribution in [2.45, 2.75) is 19.8 Å². The predicted octanol–water partition coefficient (Wildman–Crippen LogP) is 1.50. The van der Waals surface area contributed by atoms with Crippen LogP contribution in [0.3, 0.4) is 0 Å². The van der Waals surface area contributed by atoms with E-state index < -0.39 is 0 Å². The molecule has 0 spiro atoms. The number of nitrogen functional groups attached to an aromatic ring is 1. The minimum atomic E-state index is 0.0310. The summed E-state index contributed by atoms with van der Waals surface area (Å²) in [6.07, 6.45) is 7.23. The van der Waals surface area contributed by atoms with Gasteiger partial charge in [0.05, 0.1) is 0 Å². The van der Waals surface area contributed by atoms with Crippen molar-refractivity contribution in [3.05, 3.63) is 42.1 Å². The molecule has 0 amide bonds. The van der Waals surface area contributed by atoms with E-state index in [1.165, 1.54) is 0 Å². The Morgan fingerprint density at radius 2 is 2.24 bits per heavy atom. The van der Waals surface area contributed by atoms with Gasteiger partial charge >= 0.3 is 0 Å². The minimum Gasteiger partial charge on any atom is -0.384 e. The van der Waals surface area contributed by atoms with Gasteiger partial charge in [0.2, 0.25) is 0 Å². The number of amidine groups is 1. The molecule has 0 radical (unpaired) electrons. The van der Waals surface area contributed by atoms with E-state index in [2.05, 4.69) is 16.9 Å². The van der Waals surface area contributed by atoms with Crippen molar-refractivity contribution in [2.24, 2.45) is 5.73 Å². The molecular weight excluding hydrogens is 214 g/mol. The van der Waals surface area contributed by atoms with Crippen molar-refractivity contribution < 1.29 is 0 Å². The lowest BCUT2D eigenvalue weighted by Crippen LogP contribution is -2.12. The van der Waals surface area contributed by atoms with E-state index in [4.69, 9.17) is 11.1 Å². The molecule has 2 aromatic rings. The standard InChI is InChI=1S/C12H15N5/c1-2-3-10-15-6-7-17(10)11-5-4-9(8-16-11)12(13)14/h4-8H,2-3H2,1H3,(H3,13,14). The second kappa shape index (κ2) is 4.78. The summed E-state index contributed by atoms with van der Waals surface area (Å²) < 4.78 is 1.95. The first-order valence-corrected chi connectivity index (χ1v) is 5.55. The van der Waals surface area contributed by atoms with Crippen molar-refractivity contribution >= 4 is 5.84 Å². The third-order valence-corrected chi connectivity index (χ3v) is 2.50. The van der Waals surface area contributed by atoms with Crippen LogP contribution in [0.5, 0.6) is 0 Å². The molecule has 0 bridgehead atoms. The van der Waals surface area contributed by atoms with Gasteiger partial charge in [-0.15, -0.1) is 0 Å². The normalized spacial score (nSPS) is 10.4. The molecule has 88 valence electrons. The van der Waals surface area contributed by atoms with E-state index in [1.54, 1.807) is 18.5 Å². The first-order chi connectivity index (χ1) is 8.22. The molecule has 17 heavy (non-hydrogen) atoms. The van der Waals surface area contributed by atoms with E-state index in [-0.39, 0.29) is 5.84 Å². The fraction of sp³-hybridized carbons (Fsp3) is 0.250. The quantitative estimate of drug-likeness (QED) is 0.616. The molecule has 5 nitrogen and oxygen atoms in total. The fourth-order valence-corrected chi connectivity index (χ4v) is 1.64. The number of hydrogen-bond acceptors (Lipinski definition) is 3. The van der Waals surface area contributed by atoms with Crippen LogP contribution in [0.2, 0.25) is 0 Å². The van der Waals surface area contributed by atoms with Gasteiger partial charge in [0.1, 0.15) is 17.5 Å². The lowest BCUT2D eigenvalue weighted by Gasteiger charge is -2.06. The van der Waals surface area contributed by atoms with Crippen LogP contribution in [0.1, 0.15) is 24.7 Å². The molecule has 0 saturated heterocycles. The van der Waals surface area contributed by atoms with Crippen LogP contribution < -0.4 is 5.73 Å². The average Bonchev–Trinajstić information content (AvgIpc) is 2.78. The highest BCUT2D eigenvalue weighted by Crippen LogP contribution is 2.10. The van der Waals surface area contributed by atoms with Gasteiger partial charge < -0.3 is 5.73 Å². The van der Waals surface area contributed by atoms with Crippen molar-refractivity contribution in [3.8, 4) is 5.82 Å². The van der Waals surface area contributed by atoms with Gasteiger partial charge in [-0.2, -0.15) is 0 Å². The van der Waals surface area contributed by atoms with Gasteiger partial charge in [-0.3, -0.25) is 9.98 Å². The summed E-state index contributed by atoms with van der Waals surface area (Å²) in [5, 5.41) is 7.31. The molecule has 2 aromatic heterocycles. The molecule has 0 fully saturated rings. The average molecular weight is 229 g/mol. The molecular formula is C12H15N5. The first kappa shape index (κ1) is 11.3. The number of hydrogen-bond donors (Lipinski definition) is 2. The summed E-state index contributed by atoms with van der Waals surface area (Å²) in [6.45, 7) is 2.12. The topological polar surface area (TPSA) is 80.6 Å². The van der Waals surface area contributed by atoms with Crippen LogP contribution in [-0.4, -0.2) is 20.4 Å². The van der Waals surface area contributed by atoms with Crippen LogP contribution >= 0.6 is 0 Å². The molecule has 0 atom stereocenters. The Hall–Kier alpha value is -2.17. The van der Waals surface area contributed by atoms with Gasteiger partial charge in [0.25, 0.3) is 0 Å². The van der Waals surface area contributed by atoms with Crippen molar-refractivity contribution in [1.82, 2.24) is 14.5 Å². The summed E-state index contributed by atoms with van der Waals surface area (Å²) >= 11 is 0. The monoisotopic (exact) mass is 229 g/mol. The first-order valence-electron chi connectivity index (χ1n) is 5.55. The fourth-order valence-electron chi connectivity index (χ4n) is 1.64. The highest BCUT2D eigenvalue weighted by atomic mass is 15.1. The maximum absolute atomic E-state index is 7.31. The molecule has 0 aliphatic heterocycles. The number of nitrogens with two attached hydrogens (primary N) is 1. The molecule has 0 saturated carbocycles. The number of aromatic nitrogens is 3. The Labute approximate surface area is 99.8 Å². The highest BCUT2D eigenvalue weighted by molar-refractivity contribution is 5.94. The van der Waals surface area contributed by atoms with Crippen LogP contribution in [0, 0.1) is 5.41 Å². The van der Waals surface area contributed by atoms with Crippen LogP contribution in [0.25, 0.3) is 5.82 Å². The Kier molecular flexibility index (Phi) is 3.18. The van der Waals surface area contributed by atoms with Gasteiger partial charge in [0.15, 0.2) is 0 Å². The smallest absolute Gasteiger partial charge is 0.138 e. The number of aryl methyl sites for hydroxylation is 1. The zero-order valence-electron chi connectivity index (χ0n) is 9.72. The second-order valence-electron chi connectivity index (χ2n) is 3.78. The molecule has 3 N–H and O–H groups in total. The second-order valence-corrected chi connectivity index (χ2v) is 3.78. The van der Waals surface area contributed by atoms with Crippen LogP contribution in [0.15, 0.2) is 30.7 Å². The van der Waals surface area contributed by atoms with E-state index in [1.807, 2.05) is 16.8 Å². The van der Waals surface area contributed by atoms with E-state index >= 15 is 0 Å². The Balaban J connectivity index is 2.33. The Bertz CT molecular complexity index is 512. The van der Waals surface area contributed by atoms with E-state index in [9.17, 15) is 0 Å². The third kappa shape index (κ3) is 2.33. The van der Waals surface area contributed by atoms with Crippen molar-refractivity contribution in [2.75, 3.05) is 0 Å². The molecule has 0 unspecified atom stereocenters. The zero-order chi connectivity index (χ0) is 12.3. The van der Waals surface area contributed by atoms with E-state index in [0.717, 1.165) is 24.5 Å². The van der Waals surface area contributed by atoms with Crippen LogP contribution in [0.4, 0.5) is 0 Å². The summed E-state index contributed by atoms with van der Waals surface area (Å²) in [4.78, 5) is 8.58. The lowest BCUT2D eigenvalue weighted by atomic mass is 10.2. The lowest BCUT2D eigenvalue weighted by molar-refractivity contribution is 0.798. The summed E-state index contributed by atoms with van der Waals surface area (Å²) in [7, 11) is 0. The van der Waals surface area contributed by atoms with Gasteiger partial charge in [-0.25, -0.2) is 9.97 Å². The van der Waals surface area contributed by atoms with Gasteiger partial charge in [-0.1, -0.05) is 6.92 Å². The van der Waals surface area contributed by atoms with Crippen molar-refractivity contribution in [1.29, 1.82) is 5.41 Å². The summed E-state index contributed by atoms with van der Waals surface area (Å²) in [5.74, 6) is 1.83. The number of pyridine rings is 1. The molecule has 0 aromatic carbocycles. The van der Waals surface area contributed by atoms with E-state index in [0.29, 0.717) is 5.56 Å². The highest BCUT2D eigenvalue weighted by Gasteiger charge is 2.05. The van der Waals surface area contributed by atoms with Gasteiger partial charge in [-0.05, 0) is 18.6 Å². The predicted molar refractivity (Wildman–Crippen MR) is 66.4 cm³/mol. The molecule has 0 aliphatic rings. The van der Waals surface area contributed by atoms with Crippen molar-refractivity contribution in [3.63, 3.8) is 0 Å². The largest absolute Gasteiger partial charge is 0.384 e. The molecule has 2 heterocycles. The minimum absolute atomic E-state index is 0.0310. The summed E-state index contributed by atoms with van der Waals surface area (Å²) in [5.41, 5.74) is 6.01. The zero-order valence-corrected chi connectivity index (χ0v) is 9.72. The van der Waals surface area contributed by atoms with Crippen LogP contribution in [-0.2, 0) is 6.42 Å². The molecule has 5 heteroatoms. The Morgan fingerprint density at radius 3 is 2.82 bits per heavy atom. The number of rotatable bonds is 4. The number of imidazole rings is 1. The SMILES string of the molecule is CCCc1nccn1-c1ccc(C(=N)N)cn1. The third-order valence-electron chi connectivity index (χ3n) is 2.50. The Morgan fingerprint density at radius 1 is 1.41 bits per heavy atom. The van der Waals surface area contributed by atoms with Gasteiger partial charge in [0, 0.05) is 30.6 Å².